The Balaban J connectivity index is 0.00000120. The third-order valence-corrected chi connectivity index (χ3v) is 6.90. The summed E-state index contributed by atoms with van der Waals surface area (Å²) in [6.07, 6.45) is 8.29. The van der Waals surface area contributed by atoms with Crippen molar-refractivity contribution in [3.8, 4) is 17.5 Å². The van der Waals surface area contributed by atoms with Crippen LogP contribution >= 0.6 is 0 Å². The Labute approximate surface area is 297 Å². The number of unbranched alkanes of at least 4 members (excludes halogenated alkanes) is 1. The molecule has 0 aliphatic carbocycles. The van der Waals surface area contributed by atoms with Crippen molar-refractivity contribution < 1.29 is 9.47 Å². The molecule has 0 bridgehead atoms. The molecule has 0 aliphatic rings. The fraction of sp³-hybridized carbons (Fsp3) is 0.475. The minimum atomic E-state index is -0.0335. The van der Waals surface area contributed by atoms with Crippen LogP contribution in [0.15, 0.2) is 66.8 Å². The zero-order valence-corrected chi connectivity index (χ0v) is 32.7. The number of nitrogens with zero attached hydrogens (tertiary/aromatic N) is 4. The van der Waals surface area contributed by atoms with E-state index in [2.05, 4.69) is 111 Å². The monoisotopic (exact) mass is 674 g/mol. The maximum Gasteiger partial charge on any atom is 0.326 e. The third-order valence-electron chi connectivity index (χ3n) is 6.90. The molecule has 9 heteroatoms. The Bertz CT molecular complexity index is 1560. The molecule has 3 N–H and O–H groups in total. The van der Waals surface area contributed by atoms with E-state index in [4.69, 9.17) is 9.47 Å². The van der Waals surface area contributed by atoms with Crippen LogP contribution in [-0.2, 0) is 5.41 Å². The number of hydrogen-bond acceptors (Lipinski definition) is 9. The molecule has 3 aromatic carbocycles. The van der Waals surface area contributed by atoms with Crippen LogP contribution in [0.3, 0.4) is 0 Å². The largest absolute Gasteiger partial charge is 0.492 e. The smallest absolute Gasteiger partial charge is 0.326 e. The molecule has 4 rings (SSSR count). The first-order valence-corrected chi connectivity index (χ1v) is 17.7. The van der Waals surface area contributed by atoms with Gasteiger partial charge in [0.05, 0.1) is 18.5 Å². The standard InChI is InChI=1S/C31H39N7O2.C4H10.C3H8.C2H6/c1-9-12-27(36-25-18-20(31(2,3)4)17-24(32-5)28(25)39-8)35-23-15-16-26(22-14-11-10-13-21(22)23)40-30-34-19-33-29(37-30)38(6)7;1-3-4-2;1-3-2;1-2/h10-19,32,35-36H,9H2,1-8H3;3-4H2,1-2H3;3H2,1-2H3;1-2H3/b27-12-;;;. The molecule has 0 saturated carbocycles. The van der Waals surface area contributed by atoms with Crippen molar-refractivity contribution in [2.24, 2.45) is 0 Å². The second kappa shape index (κ2) is 22.2. The summed E-state index contributed by atoms with van der Waals surface area (Å²) >= 11 is 0. The number of ether oxygens (including phenoxy) is 2. The van der Waals surface area contributed by atoms with Gasteiger partial charge in [0.1, 0.15) is 17.9 Å². The molecule has 0 radical (unpaired) electrons. The van der Waals surface area contributed by atoms with Crippen molar-refractivity contribution >= 4 is 33.8 Å². The van der Waals surface area contributed by atoms with Crippen LogP contribution in [0.25, 0.3) is 10.8 Å². The van der Waals surface area contributed by atoms with E-state index < -0.39 is 0 Å². The number of nitrogens with one attached hydrogen (secondary N) is 3. The molecule has 0 atom stereocenters. The topological polar surface area (TPSA) is 96.5 Å². The van der Waals surface area contributed by atoms with Crippen molar-refractivity contribution in [3.05, 3.63) is 72.3 Å². The normalized spacial score (nSPS) is 10.7. The summed E-state index contributed by atoms with van der Waals surface area (Å²) < 4.78 is 11.9. The first-order valence-electron chi connectivity index (χ1n) is 17.7. The number of benzene rings is 3. The SMILES string of the molecule is CC.CC/C=C(\Nc1cc(C(C)(C)C)cc(NC)c1OC)Nc1ccc(Oc2ncnc(N(C)C)n2)c2ccccc12.CCC.CCCC. The minimum Gasteiger partial charge on any atom is -0.492 e. The Morgan fingerprint density at radius 2 is 1.43 bits per heavy atom. The van der Waals surface area contributed by atoms with E-state index in [0.717, 1.165) is 45.8 Å². The van der Waals surface area contributed by atoms with Gasteiger partial charge in [-0.1, -0.05) is 113 Å². The lowest BCUT2D eigenvalue weighted by Crippen LogP contribution is -2.15. The highest BCUT2D eigenvalue weighted by Gasteiger charge is 2.20. The predicted molar refractivity (Wildman–Crippen MR) is 213 cm³/mol. The second-order valence-electron chi connectivity index (χ2n) is 12.3. The molecule has 0 saturated heterocycles. The number of aromatic nitrogens is 3. The van der Waals surface area contributed by atoms with E-state index in [1.165, 1.54) is 31.2 Å². The van der Waals surface area contributed by atoms with Crippen molar-refractivity contribution in [1.82, 2.24) is 15.0 Å². The maximum absolute atomic E-state index is 6.12. The summed E-state index contributed by atoms with van der Waals surface area (Å²) in [7, 11) is 7.34. The lowest BCUT2D eigenvalue weighted by molar-refractivity contribution is 0.418. The van der Waals surface area contributed by atoms with Gasteiger partial charge in [0.2, 0.25) is 5.95 Å². The molecule has 1 heterocycles. The van der Waals surface area contributed by atoms with Gasteiger partial charge in [0, 0.05) is 37.6 Å². The average molecular weight is 674 g/mol. The van der Waals surface area contributed by atoms with Gasteiger partial charge in [-0.2, -0.15) is 9.97 Å². The molecule has 4 aromatic rings. The summed E-state index contributed by atoms with van der Waals surface area (Å²) in [5, 5.41) is 12.4. The number of anilines is 4. The highest BCUT2D eigenvalue weighted by molar-refractivity contribution is 5.98. The highest BCUT2D eigenvalue weighted by Crippen LogP contribution is 2.40. The number of methoxy groups -OCH3 is 1. The molecule has 0 unspecified atom stereocenters. The molecule has 49 heavy (non-hydrogen) atoms. The van der Waals surface area contributed by atoms with Gasteiger partial charge < -0.3 is 30.3 Å². The van der Waals surface area contributed by atoms with Crippen LogP contribution < -0.4 is 30.3 Å². The fourth-order valence-electron chi connectivity index (χ4n) is 4.29. The summed E-state index contributed by atoms with van der Waals surface area (Å²) in [5.74, 6) is 2.79. The molecule has 9 nitrogen and oxygen atoms in total. The van der Waals surface area contributed by atoms with E-state index in [9.17, 15) is 0 Å². The Kier molecular flexibility index (Phi) is 19.2. The van der Waals surface area contributed by atoms with E-state index in [1.54, 1.807) is 12.0 Å². The lowest BCUT2D eigenvalue weighted by Gasteiger charge is -2.25. The van der Waals surface area contributed by atoms with Gasteiger partial charge in [0.15, 0.2) is 5.75 Å². The first kappa shape index (κ1) is 42.5. The molecule has 1 aromatic heterocycles. The van der Waals surface area contributed by atoms with Gasteiger partial charge in [0.25, 0.3) is 0 Å². The van der Waals surface area contributed by atoms with Gasteiger partial charge in [-0.3, -0.25) is 0 Å². The maximum atomic E-state index is 6.12. The molecular formula is C40H63N7O2. The van der Waals surface area contributed by atoms with Crippen molar-refractivity contribution in [2.75, 3.05) is 49.1 Å². The van der Waals surface area contributed by atoms with Crippen molar-refractivity contribution in [1.29, 1.82) is 0 Å². The fourth-order valence-corrected chi connectivity index (χ4v) is 4.29. The zero-order valence-electron chi connectivity index (χ0n) is 32.7. The van der Waals surface area contributed by atoms with E-state index in [1.807, 2.05) is 65.3 Å². The number of allylic oxidation sites excluding steroid dienone is 1. The molecule has 0 spiro atoms. The average Bonchev–Trinajstić information content (AvgIpc) is 3.10. The predicted octanol–water partition coefficient (Wildman–Crippen LogP) is 11.3. The van der Waals surface area contributed by atoms with Crippen molar-refractivity contribution in [2.45, 2.75) is 100 Å². The van der Waals surface area contributed by atoms with Crippen LogP contribution in [0.2, 0.25) is 0 Å². The highest BCUT2D eigenvalue weighted by atomic mass is 16.5. The van der Waals surface area contributed by atoms with Gasteiger partial charge in [-0.15, -0.1) is 0 Å². The Morgan fingerprint density at radius 1 is 0.837 bits per heavy atom. The number of fused-ring (bicyclic) bond motifs is 1. The molecule has 0 amide bonds. The van der Waals surface area contributed by atoms with E-state index in [0.29, 0.717) is 11.7 Å². The van der Waals surface area contributed by atoms with Crippen LogP contribution in [0, 0.1) is 0 Å². The lowest BCUT2D eigenvalue weighted by atomic mass is 9.86. The van der Waals surface area contributed by atoms with E-state index >= 15 is 0 Å². The number of rotatable bonds is 11. The Hall–Kier alpha value is -4.53. The third kappa shape index (κ3) is 13.1. The molecule has 0 fully saturated rings. The summed E-state index contributed by atoms with van der Waals surface area (Å²) in [6.45, 7) is 21.3. The quantitative estimate of drug-likeness (QED) is 0.144. The summed E-state index contributed by atoms with van der Waals surface area (Å²) in [4.78, 5) is 14.6. The summed E-state index contributed by atoms with van der Waals surface area (Å²) in [6, 6.07) is 16.5. The van der Waals surface area contributed by atoms with Crippen LogP contribution in [0.1, 0.15) is 100 Å². The second-order valence-corrected chi connectivity index (χ2v) is 12.3. The Morgan fingerprint density at radius 3 is 1.96 bits per heavy atom. The first-order chi connectivity index (χ1) is 23.5. The van der Waals surface area contributed by atoms with Crippen LogP contribution in [-0.4, -0.2) is 43.2 Å². The van der Waals surface area contributed by atoms with Gasteiger partial charge in [-0.05, 0) is 47.7 Å². The van der Waals surface area contributed by atoms with Crippen LogP contribution in [0.5, 0.6) is 17.5 Å². The minimum absolute atomic E-state index is 0.0335. The number of hydrogen-bond donors (Lipinski definition) is 3. The zero-order chi connectivity index (χ0) is 37.0. The molecule has 0 aliphatic heterocycles. The van der Waals surface area contributed by atoms with Gasteiger partial charge >= 0.3 is 6.01 Å². The van der Waals surface area contributed by atoms with E-state index in [-0.39, 0.29) is 11.4 Å². The van der Waals surface area contributed by atoms with Crippen LogP contribution in [0.4, 0.5) is 23.0 Å². The summed E-state index contributed by atoms with van der Waals surface area (Å²) in [5.41, 5.74) is 3.89. The van der Waals surface area contributed by atoms with Gasteiger partial charge in [-0.25, -0.2) is 4.98 Å². The van der Waals surface area contributed by atoms with Crippen molar-refractivity contribution in [3.63, 3.8) is 0 Å². The molecule has 270 valence electrons. The molecular weight excluding hydrogens is 610 g/mol.